The number of esters is 1. The lowest BCUT2D eigenvalue weighted by molar-refractivity contribution is -0.121. The molecular formula is C23H24N4O6. The van der Waals surface area contributed by atoms with E-state index in [9.17, 15) is 19.2 Å². The number of ether oxygens (including phenoxy) is 2. The zero-order valence-electron chi connectivity index (χ0n) is 18.0. The van der Waals surface area contributed by atoms with Crippen molar-refractivity contribution < 1.29 is 19.1 Å². The maximum atomic E-state index is 12.9. The Balaban J connectivity index is 1.90. The van der Waals surface area contributed by atoms with E-state index in [4.69, 9.17) is 15.2 Å². The lowest BCUT2D eigenvalue weighted by atomic mass is 10.2. The highest BCUT2D eigenvalue weighted by atomic mass is 16.5. The number of carbonyl (C=O) groups excluding carboxylic acids is 2. The monoisotopic (exact) mass is 452 g/mol. The Kier molecular flexibility index (Phi) is 7.77. The van der Waals surface area contributed by atoms with Gasteiger partial charge in [0.2, 0.25) is 0 Å². The topological polar surface area (TPSA) is 137 Å². The number of methoxy groups -OCH3 is 1. The van der Waals surface area contributed by atoms with Gasteiger partial charge in [0, 0.05) is 13.7 Å². The summed E-state index contributed by atoms with van der Waals surface area (Å²) in [5.74, 6) is -1.57. The highest BCUT2D eigenvalue weighted by molar-refractivity contribution is 5.98. The number of nitrogens with one attached hydrogen (secondary N) is 1. The first-order chi connectivity index (χ1) is 15.9. The molecule has 2 aromatic carbocycles. The summed E-state index contributed by atoms with van der Waals surface area (Å²) in [5.41, 5.74) is 5.48. The van der Waals surface area contributed by atoms with Gasteiger partial charge in [0.15, 0.2) is 12.3 Å². The van der Waals surface area contributed by atoms with Gasteiger partial charge >= 0.3 is 11.7 Å². The van der Waals surface area contributed by atoms with Crippen LogP contribution in [0.15, 0.2) is 70.3 Å². The SMILES string of the molecule is COCCN(C(=O)COC(=O)c1ccccc1)c1c(N)n(Cc2ccccc2)c(=O)[nH]c1=O. The van der Waals surface area contributed by atoms with E-state index in [2.05, 4.69) is 4.98 Å². The standard InChI is InChI=1S/C23H24N4O6/c1-32-13-12-26(18(28)15-33-22(30)17-10-6-3-7-11-17)19-20(24)27(23(31)25-21(19)29)14-16-8-4-2-5-9-16/h2-11H,12-15,24H2,1H3,(H,25,29,31). The first kappa shape index (κ1) is 23.5. The van der Waals surface area contributed by atoms with Crippen molar-refractivity contribution in [1.29, 1.82) is 0 Å². The maximum Gasteiger partial charge on any atom is 0.338 e. The Morgan fingerprint density at radius 3 is 2.30 bits per heavy atom. The van der Waals surface area contributed by atoms with Crippen LogP contribution >= 0.6 is 0 Å². The molecule has 0 radical (unpaired) electrons. The van der Waals surface area contributed by atoms with Crippen LogP contribution in [0.5, 0.6) is 0 Å². The molecule has 3 rings (SSSR count). The Labute approximate surface area is 189 Å². The minimum Gasteiger partial charge on any atom is -0.452 e. The van der Waals surface area contributed by atoms with Gasteiger partial charge in [0.1, 0.15) is 5.82 Å². The van der Waals surface area contributed by atoms with Gasteiger partial charge in [-0.1, -0.05) is 48.5 Å². The quantitative estimate of drug-likeness (QED) is 0.462. The van der Waals surface area contributed by atoms with Gasteiger partial charge in [0.05, 0.1) is 18.7 Å². The minimum atomic E-state index is -0.833. The predicted octanol–water partition coefficient (Wildman–Crippen LogP) is 1.00. The Morgan fingerprint density at radius 1 is 1.03 bits per heavy atom. The molecule has 1 heterocycles. The van der Waals surface area contributed by atoms with Crippen LogP contribution in [0.25, 0.3) is 0 Å². The molecule has 3 N–H and O–H groups in total. The number of hydrogen-bond acceptors (Lipinski definition) is 7. The van der Waals surface area contributed by atoms with Gasteiger partial charge in [-0.25, -0.2) is 9.59 Å². The van der Waals surface area contributed by atoms with Crippen molar-refractivity contribution >= 4 is 23.4 Å². The molecule has 0 aliphatic carbocycles. The zero-order chi connectivity index (χ0) is 23.8. The van der Waals surface area contributed by atoms with Crippen LogP contribution in [0.3, 0.4) is 0 Å². The van der Waals surface area contributed by atoms with Crippen LogP contribution in [-0.2, 0) is 20.8 Å². The third-order valence-electron chi connectivity index (χ3n) is 4.82. The number of nitrogen functional groups attached to an aromatic ring is 1. The second kappa shape index (κ2) is 10.9. The molecule has 0 atom stereocenters. The lowest BCUT2D eigenvalue weighted by Crippen LogP contribution is -2.44. The Bertz CT molecular complexity index is 1220. The fourth-order valence-electron chi connectivity index (χ4n) is 3.17. The van der Waals surface area contributed by atoms with E-state index in [-0.39, 0.29) is 36.8 Å². The molecule has 0 unspecified atom stereocenters. The van der Waals surface area contributed by atoms with Crippen LogP contribution in [-0.4, -0.2) is 48.3 Å². The first-order valence-corrected chi connectivity index (χ1v) is 10.1. The summed E-state index contributed by atoms with van der Waals surface area (Å²) < 4.78 is 11.3. The number of anilines is 2. The van der Waals surface area contributed by atoms with Gasteiger partial charge in [0.25, 0.3) is 11.5 Å². The lowest BCUT2D eigenvalue weighted by Gasteiger charge is -2.24. The van der Waals surface area contributed by atoms with Crippen molar-refractivity contribution in [3.05, 3.63) is 92.6 Å². The van der Waals surface area contributed by atoms with E-state index in [1.54, 1.807) is 54.6 Å². The molecule has 0 saturated carbocycles. The summed E-state index contributed by atoms with van der Waals surface area (Å²) >= 11 is 0. The highest BCUT2D eigenvalue weighted by Crippen LogP contribution is 2.18. The van der Waals surface area contributed by atoms with Crippen molar-refractivity contribution in [3.63, 3.8) is 0 Å². The summed E-state index contributed by atoms with van der Waals surface area (Å²) in [6.45, 7) is -0.511. The van der Waals surface area contributed by atoms with E-state index in [0.29, 0.717) is 0 Å². The normalized spacial score (nSPS) is 10.6. The van der Waals surface area contributed by atoms with E-state index in [0.717, 1.165) is 15.0 Å². The number of benzene rings is 2. The van der Waals surface area contributed by atoms with Crippen molar-refractivity contribution in [1.82, 2.24) is 9.55 Å². The average molecular weight is 452 g/mol. The molecule has 1 aromatic heterocycles. The molecule has 1 amide bonds. The molecule has 0 aliphatic rings. The third-order valence-corrected chi connectivity index (χ3v) is 4.82. The van der Waals surface area contributed by atoms with Gasteiger partial charge in [-0.15, -0.1) is 0 Å². The first-order valence-electron chi connectivity index (χ1n) is 10.1. The molecule has 10 nitrogen and oxygen atoms in total. The second-order valence-corrected chi connectivity index (χ2v) is 7.05. The number of carbonyl (C=O) groups is 2. The van der Waals surface area contributed by atoms with Crippen LogP contribution in [0.4, 0.5) is 11.5 Å². The predicted molar refractivity (Wildman–Crippen MR) is 122 cm³/mol. The third kappa shape index (κ3) is 5.74. The fraction of sp³-hybridized carbons (Fsp3) is 0.217. The number of rotatable bonds is 9. The molecular weight excluding hydrogens is 428 g/mol. The molecule has 33 heavy (non-hydrogen) atoms. The molecule has 10 heteroatoms. The average Bonchev–Trinajstić information content (AvgIpc) is 2.83. The summed E-state index contributed by atoms with van der Waals surface area (Å²) in [7, 11) is 1.43. The zero-order valence-corrected chi connectivity index (χ0v) is 18.0. The number of nitrogens with two attached hydrogens (primary N) is 1. The molecule has 0 bridgehead atoms. The van der Waals surface area contributed by atoms with Gasteiger partial charge < -0.3 is 15.2 Å². The fourth-order valence-corrected chi connectivity index (χ4v) is 3.17. The number of aromatic nitrogens is 2. The molecule has 172 valence electrons. The van der Waals surface area contributed by atoms with Gasteiger partial charge in [-0.2, -0.15) is 0 Å². The number of aromatic amines is 1. The van der Waals surface area contributed by atoms with Crippen molar-refractivity contribution in [2.75, 3.05) is 37.5 Å². The maximum absolute atomic E-state index is 12.9. The van der Waals surface area contributed by atoms with Crippen LogP contribution in [0.1, 0.15) is 15.9 Å². The minimum absolute atomic E-state index is 0.0466. The van der Waals surface area contributed by atoms with Crippen LogP contribution < -0.4 is 21.9 Å². The Hall–Kier alpha value is -4.18. The molecule has 0 aliphatic heterocycles. The van der Waals surface area contributed by atoms with Crippen molar-refractivity contribution in [3.8, 4) is 0 Å². The largest absolute Gasteiger partial charge is 0.452 e. The van der Waals surface area contributed by atoms with E-state index in [1.165, 1.54) is 7.11 Å². The molecule has 0 fully saturated rings. The molecule has 0 saturated heterocycles. The van der Waals surface area contributed by atoms with Crippen molar-refractivity contribution in [2.45, 2.75) is 6.54 Å². The number of hydrogen-bond donors (Lipinski definition) is 2. The second-order valence-electron chi connectivity index (χ2n) is 7.05. The number of H-pyrrole nitrogens is 1. The smallest absolute Gasteiger partial charge is 0.338 e. The van der Waals surface area contributed by atoms with Crippen LogP contribution in [0.2, 0.25) is 0 Å². The van der Waals surface area contributed by atoms with Gasteiger partial charge in [-0.05, 0) is 17.7 Å². The van der Waals surface area contributed by atoms with Crippen LogP contribution in [0, 0.1) is 0 Å². The van der Waals surface area contributed by atoms with Crippen molar-refractivity contribution in [2.24, 2.45) is 0 Å². The summed E-state index contributed by atoms with van der Waals surface area (Å²) in [6, 6.07) is 17.2. The summed E-state index contributed by atoms with van der Waals surface area (Å²) in [4.78, 5) is 53.5. The Morgan fingerprint density at radius 2 is 1.67 bits per heavy atom. The van der Waals surface area contributed by atoms with E-state index < -0.39 is 29.7 Å². The number of nitrogens with zero attached hydrogens (tertiary/aromatic N) is 2. The summed E-state index contributed by atoms with van der Waals surface area (Å²) in [6.07, 6.45) is 0. The number of amides is 1. The summed E-state index contributed by atoms with van der Waals surface area (Å²) in [5, 5.41) is 0. The highest BCUT2D eigenvalue weighted by Gasteiger charge is 2.25. The molecule has 3 aromatic rings. The van der Waals surface area contributed by atoms with E-state index in [1.807, 2.05) is 6.07 Å². The van der Waals surface area contributed by atoms with E-state index >= 15 is 0 Å². The molecule has 0 spiro atoms. The van der Waals surface area contributed by atoms with Gasteiger partial charge in [-0.3, -0.25) is 24.0 Å².